The van der Waals surface area contributed by atoms with Gasteiger partial charge in [-0.15, -0.1) is 0 Å². The van der Waals surface area contributed by atoms with Gasteiger partial charge in [0.15, 0.2) is 5.79 Å². The van der Waals surface area contributed by atoms with E-state index in [0.29, 0.717) is 12.4 Å². The van der Waals surface area contributed by atoms with E-state index < -0.39 is 5.79 Å². The summed E-state index contributed by atoms with van der Waals surface area (Å²) < 4.78 is 11.3. The maximum absolute atomic E-state index is 9.17. The molecule has 0 spiro atoms. The molecule has 1 aliphatic rings. The van der Waals surface area contributed by atoms with Crippen molar-refractivity contribution < 1.29 is 14.6 Å². The van der Waals surface area contributed by atoms with Crippen molar-refractivity contribution in [2.24, 2.45) is 0 Å². The number of phenols is 1. The molecule has 0 aliphatic carbocycles. The van der Waals surface area contributed by atoms with Gasteiger partial charge >= 0.3 is 0 Å². The minimum absolute atomic E-state index is 0.185. The summed E-state index contributed by atoms with van der Waals surface area (Å²) in [4.78, 5) is 0. The van der Waals surface area contributed by atoms with Crippen LogP contribution in [-0.4, -0.2) is 23.6 Å². The Bertz CT molecular complexity index is 347. The number of hydrogen-bond acceptors (Lipinski definition) is 3. The molecule has 0 aromatic heterocycles. The Balaban J connectivity index is 1.90. The van der Waals surface area contributed by atoms with Crippen molar-refractivity contribution in [2.75, 3.05) is 6.61 Å². The Morgan fingerprint density at radius 2 is 2.06 bits per heavy atom. The maximum atomic E-state index is 9.17. The largest absolute Gasteiger partial charge is 0.508 e. The summed E-state index contributed by atoms with van der Waals surface area (Å²) in [7, 11) is 0. The SMILES string of the molecule is CC1COC(C)(CCc2ccc(O)cc2)O1. The van der Waals surface area contributed by atoms with E-state index in [1.807, 2.05) is 26.0 Å². The monoisotopic (exact) mass is 222 g/mol. The van der Waals surface area contributed by atoms with E-state index in [1.165, 1.54) is 5.56 Å². The van der Waals surface area contributed by atoms with Crippen LogP contribution in [0.2, 0.25) is 0 Å². The van der Waals surface area contributed by atoms with Crippen LogP contribution >= 0.6 is 0 Å². The highest BCUT2D eigenvalue weighted by molar-refractivity contribution is 5.25. The molecule has 0 bridgehead atoms. The average Bonchev–Trinajstić information content (AvgIpc) is 2.59. The molecule has 1 fully saturated rings. The first-order valence-corrected chi connectivity index (χ1v) is 5.67. The lowest BCUT2D eigenvalue weighted by Crippen LogP contribution is -2.26. The highest BCUT2D eigenvalue weighted by atomic mass is 16.7. The fraction of sp³-hybridized carbons (Fsp3) is 0.538. The molecule has 3 heteroatoms. The maximum Gasteiger partial charge on any atom is 0.166 e. The lowest BCUT2D eigenvalue weighted by atomic mass is 10.1. The number of rotatable bonds is 3. The van der Waals surface area contributed by atoms with Gasteiger partial charge in [-0.25, -0.2) is 0 Å². The van der Waals surface area contributed by atoms with Gasteiger partial charge in [-0.3, -0.25) is 0 Å². The minimum atomic E-state index is -0.447. The van der Waals surface area contributed by atoms with Gasteiger partial charge in [-0.1, -0.05) is 12.1 Å². The predicted octanol–water partition coefficient (Wildman–Crippen LogP) is 2.48. The molecule has 0 radical (unpaired) electrons. The molecular weight excluding hydrogens is 204 g/mol. The third-order valence-electron chi connectivity index (χ3n) is 2.88. The molecule has 1 N–H and O–H groups in total. The van der Waals surface area contributed by atoms with Crippen molar-refractivity contribution in [1.82, 2.24) is 0 Å². The van der Waals surface area contributed by atoms with Crippen molar-refractivity contribution in [1.29, 1.82) is 0 Å². The van der Waals surface area contributed by atoms with E-state index >= 15 is 0 Å². The van der Waals surface area contributed by atoms with Crippen LogP contribution in [0.5, 0.6) is 5.75 Å². The lowest BCUT2D eigenvalue weighted by molar-refractivity contribution is -0.155. The van der Waals surface area contributed by atoms with Crippen LogP contribution in [-0.2, 0) is 15.9 Å². The fourth-order valence-electron chi connectivity index (χ4n) is 1.95. The molecule has 1 saturated heterocycles. The highest BCUT2D eigenvalue weighted by Crippen LogP contribution is 2.28. The normalized spacial score (nSPS) is 29.5. The van der Waals surface area contributed by atoms with Crippen LogP contribution in [0.25, 0.3) is 0 Å². The van der Waals surface area contributed by atoms with E-state index in [-0.39, 0.29) is 6.10 Å². The zero-order chi connectivity index (χ0) is 11.6. The summed E-state index contributed by atoms with van der Waals surface area (Å²) in [6.07, 6.45) is 1.91. The van der Waals surface area contributed by atoms with Crippen LogP contribution in [0.4, 0.5) is 0 Å². The van der Waals surface area contributed by atoms with Crippen LogP contribution in [0.3, 0.4) is 0 Å². The van der Waals surface area contributed by atoms with E-state index in [2.05, 4.69) is 0 Å². The first kappa shape index (κ1) is 11.4. The van der Waals surface area contributed by atoms with Gasteiger partial charge in [0.05, 0.1) is 12.7 Å². The molecule has 88 valence electrons. The number of aromatic hydroxyl groups is 1. The van der Waals surface area contributed by atoms with Crippen LogP contribution < -0.4 is 0 Å². The van der Waals surface area contributed by atoms with Crippen LogP contribution in [0.1, 0.15) is 25.8 Å². The number of aryl methyl sites for hydroxylation is 1. The second-order valence-corrected chi connectivity index (χ2v) is 4.54. The van der Waals surface area contributed by atoms with Crippen molar-refractivity contribution in [3.05, 3.63) is 29.8 Å². The van der Waals surface area contributed by atoms with E-state index in [1.54, 1.807) is 12.1 Å². The molecule has 1 heterocycles. The second-order valence-electron chi connectivity index (χ2n) is 4.54. The Hall–Kier alpha value is -1.06. The lowest BCUT2D eigenvalue weighted by Gasteiger charge is -2.22. The number of benzene rings is 1. The fourth-order valence-corrected chi connectivity index (χ4v) is 1.95. The second kappa shape index (κ2) is 4.44. The zero-order valence-electron chi connectivity index (χ0n) is 9.77. The molecule has 0 saturated carbocycles. The van der Waals surface area contributed by atoms with Gasteiger partial charge < -0.3 is 14.6 Å². The van der Waals surface area contributed by atoms with Crippen molar-refractivity contribution in [2.45, 2.75) is 38.6 Å². The number of hydrogen-bond donors (Lipinski definition) is 1. The van der Waals surface area contributed by atoms with Crippen molar-refractivity contribution in [3.63, 3.8) is 0 Å². The summed E-state index contributed by atoms with van der Waals surface area (Å²) in [5.74, 6) is -0.144. The Kier molecular flexibility index (Phi) is 3.17. The molecule has 3 nitrogen and oxygen atoms in total. The average molecular weight is 222 g/mol. The van der Waals surface area contributed by atoms with Crippen molar-refractivity contribution >= 4 is 0 Å². The van der Waals surface area contributed by atoms with Gasteiger partial charge in [0.2, 0.25) is 0 Å². The summed E-state index contributed by atoms with van der Waals surface area (Å²) in [5.41, 5.74) is 1.19. The van der Waals surface area contributed by atoms with Crippen LogP contribution in [0, 0.1) is 0 Å². The highest BCUT2D eigenvalue weighted by Gasteiger charge is 2.34. The van der Waals surface area contributed by atoms with Crippen LogP contribution in [0.15, 0.2) is 24.3 Å². The Morgan fingerprint density at radius 1 is 1.38 bits per heavy atom. The van der Waals surface area contributed by atoms with Gasteiger partial charge in [0.25, 0.3) is 0 Å². The first-order chi connectivity index (χ1) is 7.57. The van der Waals surface area contributed by atoms with E-state index in [9.17, 15) is 5.11 Å². The standard InChI is InChI=1S/C13H18O3/c1-10-9-15-13(2,16-10)8-7-11-3-5-12(14)6-4-11/h3-6,10,14H,7-9H2,1-2H3. The predicted molar refractivity (Wildman–Crippen MR) is 61.3 cm³/mol. The smallest absolute Gasteiger partial charge is 0.166 e. The van der Waals surface area contributed by atoms with Gasteiger partial charge in [-0.05, 0) is 38.0 Å². The first-order valence-electron chi connectivity index (χ1n) is 5.67. The van der Waals surface area contributed by atoms with Gasteiger partial charge in [0, 0.05) is 6.42 Å². The zero-order valence-corrected chi connectivity index (χ0v) is 9.77. The molecule has 1 aliphatic heterocycles. The molecule has 1 aromatic rings. The molecule has 16 heavy (non-hydrogen) atoms. The van der Waals surface area contributed by atoms with E-state index in [0.717, 1.165) is 12.8 Å². The summed E-state index contributed by atoms with van der Waals surface area (Å²) >= 11 is 0. The Morgan fingerprint density at radius 3 is 2.62 bits per heavy atom. The molecule has 1 aromatic carbocycles. The third-order valence-corrected chi connectivity index (χ3v) is 2.88. The summed E-state index contributed by atoms with van der Waals surface area (Å²) in [5, 5.41) is 9.17. The Labute approximate surface area is 96.0 Å². The van der Waals surface area contributed by atoms with E-state index in [4.69, 9.17) is 9.47 Å². The quantitative estimate of drug-likeness (QED) is 0.853. The van der Waals surface area contributed by atoms with Crippen molar-refractivity contribution in [3.8, 4) is 5.75 Å². The minimum Gasteiger partial charge on any atom is -0.508 e. The summed E-state index contributed by atoms with van der Waals surface area (Å²) in [6, 6.07) is 7.27. The molecular formula is C13H18O3. The number of phenolic OH excluding ortho intramolecular Hbond substituents is 1. The molecule has 2 rings (SSSR count). The molecule has 2 atom stereocenters. The summed E-state index contributed by atoms with van der Waals surface area (Å²) in [6.45, 7) is 4.68. The van der Waals surface area contributed by atoms with Gasteiger partial charge in [0.1, 0.15) is 5.75 Å². The topological polar surface area (TPSA) is 38.7 Å². The molecule has 0 amide bonds. The molecule has 2 unspecified atom stereocenters. The number of ether oxygens (including phenoxy) is 2. The third kappa shape index (κ3) is 2.74. The van der Waals surface area contributed by atoms with Gasteiger partial charge in [-0.2, -0.15) is 0 Å².